The van der Waals surface area contributed by atoms with Crippen molar-refractivity contribution in [2.45, 2.75) is 19.4 Å². The molecule has 2 heterocycles. The second-order valence-corrected chi connectivity index (χ2v) is 5.87. The zero-order valence-electron chi connectivity index (χ0n) is 13.6. The number of benzene rings is 1. The van der Waals surface area contributed by atoms with Crippen molar-refractivity contribution in [3.8, 4) is 11.5 Å². The van der Waals surface area contributed by atoms with Gasteiger partial charge in [0.2, 0.25) is 5.91 Å². The molecule has 2 aliphatic heterocycles. The molecule has 24 heavy (non-hydrogen) atoms. The van der Waals surface area contributed by atoms with E-state index in [1.54, 1.807) is 4.90 Å². The maximum absolute atomic E-state index is 12.7. The van der Waals surface area contributed by atoms with Gasteiger partial charge in [-0.2, -0.15) is 0 Å². The number of aliphatic carboxylic acids is 1. The summed E-state index contributed by atoms with van der Waals surface area (Å²) in [5, 5.41) is 9.06. The van der Waals surface area contributed by atoms with Crippen molar-refractivity contribution in [2.24, 2.45) is 5.92 Å². The molecule has 1 saturated heterocycles. The molecule has 2 aliphatic rings. The van der Waals surface area contributed by atoms with Crippen LogP contribution in [0.1, 0.15) is 12.5 Å². The Morgan fingerprint density at radius 1 is 1.42 bits per heavy atom. The van der Waals surface area contributed by atoms with Crippen LogP contribution in [0.2, 0.25) is 0 Å². The number of fused-ring (bicyclic) bond motifs is 1. The van der Waals surface area contributed by atoms with Crippen LogP contribution in [0.25, 0.3) is 0 Å². The number of ether oxygens (including phenoxy) is 3. The first-order valence-electron chi connectivity index (χ1n) is 8.10. The first-order valence-corrected chi connectivity index (χ1v) is 8.10. The molecule has 2 atom stereocenters. The number of para-hydroxylation sites is 1. The number of carbonyl (C=O) groups is 2. The fourth-order valence-electron chi connectivity index (χ4n) is 3.08. The Morgan fingerprint density at radius 2 is 2.25 bits per heavy atom. The summed E-state index contributed by atoms with van der Waals surface area (Å²) in [6, 6.07) is 5.66. The third kappa shape index (κ3) is 3.31. The second kappa shape index (κ2) is 7.09. The van der Waals surface area contributed by atoms with E-state index in [0.717, 1.165) is 5.56 Å². The van der Waals surface area contributed by atoms with Gasteiger partial charge in [-0.1, -0.05) is 12.1 Å². The van der Waals surface area contributed by atoms with Gasteiger partial charge in [0, 0.05) is 6.54 Å². The van der Waals surface area contributed by atoms with E-state index in [1.807, 2.05) is 25.1 Å². The zero-order chi connectivity index (χ0) is 17.1. The predicted molar refractivity (Wildman–Crippen MR) is 84.3 cm³/mol. The lowest BCUT2D eigenvalue weighted by Gasteiger charge is -2.35. The Balaban J connectivity index is 1.70. The van der Waals surface area contributed by atoms with Crippen molar-refractivity contribution in [1.82, 2.24) is 4.90 Å². The van der Waals surface area contributed by atoms with E-state index in [0.29, 0.717) is 31.1 Å². The van der Waals surface area contributed by atoms with E-state index in [9.17, 15) is 9.59 Å². The lowest BCUT2D eigenvalue weighted by molar-refractivity contribution is -0.161. The first kappa shape index (κ1) is 16.6. The van der Waals surface area contributed by atoms with E-state index in [2.05, 4.69) is 0 Å². The minimum atomic E-state index is -1.04. The van der Waals surface area contributed by atoms with Gasteiger partial charge in [0.1, 0.15) is 6.61 Å². The first-order chi connectivity index (χ1) is 11.6. The summed E-state index contributed by atoms with van der Waals surface area (Å²) in [7, 11) is 0. The molecule has 0 aliphatic carbocycles. The molecule has 1 aromatic carbocycles. The number of carbonyl (C=O) groups excluding carboxylic acids is 1. The van der Waals surface area contributed by atoms with Crippen LogP contribution >= 0.6 is 0 Å². The fourth-order valence-corrected chi connectivity index (χ4v) is 3.08. The van der Waals surface area contributed by atoms with Crippen molar-refractivity contribution in [3.05, 3.63) is 23.8 Å². The summed E-state index contributed by atoms with van der Waals surface area (Å²) in [5.41, 5.74) is 0.939. The second-order valence-electron chi connectivity index (χ2n) is 5.87. The molecule has 7 nitrogen and oxygen atoms in total. The van der Waals surface area contributed by atoms with Gasteiger partial charge in [-0.15, -0.1) is 0 Å². The van der Waals surface area contributed by atoms with Crippen molar-refractivity contribution in [3.63, 3.8) is 0 Å². The zero-order valence-corrected chi connectivity index (χ0v) is 13.6. The largest absolute Gasteiger partial charge is 0.490 e. The van der Waals surface area contributed by atoms with Gasteiger partial charge in [0.05, 0.1) is 25.7 Å². The molecule has 2 unspecified atom stereocenters. The molecule has 0 radical (unpaired) electrons. The molecule has 1 amide bonds. The summed E-state index contributed by atoms with van der Waals surface area (Å²) >= 11 is 0. The number of amides is 1. The molecule has 7 heteroatoms. The fraction of sp³-hybridized carbons (Fsp3) is 0.529. The van der Waals surface area contributed by atoms with Crippen LogP contribution in [0.5, 0.6) is 11.5 Å². The van der Waals surface area contributed by atoms with Crippen LogP contribution in [0.15, 0.2) is 18.2 Å². The topological polar surface area (TPSA) is 85.3 Å². The molecule has 130 valence electrons. The Kier molecular flexibility index (Phi) is 4.89. The van der Waals surface area contributed by atoms with Crippen molar-refractivity contribution >= 4 is 11.9 Å². The predicted octanol–water partition coefficient (Wildman–Crippen LogP) is 0.948. The number of carboxylic acids is 1. The van der Waals surface area contributed by atoms with E-state index >= 15 is 0 Å². The van der Waals surface area contributed by atoms with Crippen molar-refractivity contribution in [2.75, 3.05) is 32.9 Å². The summed E-state index contributed by atoms with van der Waals surface area (Å²) in [6.45, 7) is 3.45. The van der Waals surface area contributed by atoms with Crippen LogP contribution in [0.4, 0.5) is 0 Å². The molecule has 1 fully saturated rings. The molecular formula is C17H21NO6. The third-order valence-corrected chi connectivity index (χ3v) is 4.26. The van der Waals surface area contributed by atoms with Gasteiger partial charge in [0.25, 0.3) is 0 Å². The summed E-state index contributed by atoms with van der Waals surface area (Å²) in [5.74, 6) is -0.0509. The Labute approximate surface area is 140 Å². The monoisotopic (exact) mass is 335 g/mol. The van der Waals surface area contributed by atoms with Gasteiger partial charge in [-0.3, -0.25) is 4.79 Å². The van der Waals surface area contributed by atoms with Crippen LogP contribution in [-0.4, -0.2) is 60.9 Å². The number of hydrogen-bond acceptors (Lipinski definition) is 5. The summed E-state index contributed by atoms with van der Waals surface area (Å²) < 4.78 is 16.5. The van der Waals surface area contributed by atoms with E-state index in [-0.39, 0.29) is 31.6 Å². The SMILES string of the molecule is CCOc1cccc2c1OCC(C(=O)N1CCOC(C(=O)O)C1)C2. The minimum Gasteiger partial charge on any atom is -0.490 e. The third-order valence-electron chi connectivity index (χ3n) is 4.26. The Bertz CT molecular complexity index is 632. The highest BCUT2D eigenvalue weighted by molar-refractivity contribution is 5.81. The van der Waals surface area contributed by atoms with Crippen LogP contribution in [0, 0.1) is 5.92 Å². The summed E-state index contributed by atoms with van der Waals surface area (Å²) in [4.78, 5) is 25.3. The highest BCUT2D eigenvalue weighted by atomic mass is 16.5. The van der Waals surface area contributed by atoms with E-state index < -0.39 is 12.1 Å². The van der Waals surface area contributed by atoms with Crippen LogP contribution in [0.3, 0.4) is 0 Å². The van der Waals surface area contributed by atoms with Gasteiger partial charge in [0.15, 0.2) is 17.6 Å². The lowest BCUT2D eigenvalue weighted by atomic mass is 9.95. The average molecular weight is 335 g/mol. The number of rotatable bonds is 4. The van der Waals surface area contributed by atoms with Crippen molar-refractivity contribution in [1.29, 1.82) is 0 Å². The molecule has 0 saturated carbocycles. The minimum absolute atomic E-state index is 0.0799. The maximum Gasteiger partial charge on any atom is 0.334 e. The molecule has 0 aromatic heterocycles. The number of morpholine rings is 1. The molecule has 1 N–H and O–H groups in total. The van der Waals surface area contributed by atoms with E-state index in [4.69, 9.17) is 19.3 Å². The van der Waals surface area contributed by atoms with Gasteiger partial charge >= 0.3 is 5.97 Å². The van der Waals surface area contributed by atoms with Gasteiger partial charge < -0.3 is 24.2 Å². The Hall–Kier alpha value is -2.28. The van der Waals surface area contributed by atoms with Crippen LogP contribution < -0.4 is 9.47 Å². The molecule has 0 bridgehead atoms. The quantitative estimate of drug-likeness (QED) is 0.882. The van der Waals surface area contributed by atoms with Gasteiger partial charge in [-0.25, -0.2) is 4.79 Å². The maximum atomic E-state index is 12.7. The normalized spacial score (nSPS) is 23.1. The smallest absolute Gasteiger partial charge is 0.334 e. The number of carboxylic acid groups (broad SMARTS) is 1. The van der Waals surface area contributed by atoms with E-state index in [1.165, 1.54) is 0 Å². The standard InChI is InChI=1S/C17H21NO6/c1-2-22-13-5-3-4-11-8-12(10-24-15(11)13)16(19)18-6-7-23-14(9-18)17(20)21/h3-5,12,14H,2,6-10H2,1H3,(H,20,21). The average Bonchev–Trinajstić information content (AvgIpc) is 2.61. The highest BCUT2D eigenvalue weighted by Crippen LogP contribution is 2.36. The number of nitrogens with zero attached hydrogens (tertiary/aromatic N) is 1. The van der Waals surface area contributed by atoms with Gasteiger partial charge in [-0.05, 0) is 25.0 Å². The van der Waals surface area contributed by atoms with Crippen molar-refractivity contribution < 1.29 is 28.9 Å². The Morgan fingerprint density at radius 3 is 3.00 bits per heavy atom. The highest BCUT2D eigenvalue weighted by Gasteiger charge is 2.35. The summed E-state index contributed by atoms with van der Waals surface area (Å²) in [6.07, 6.45) is -0.395. The molecule has 3 rings (SSSR count). The lowest BCUT2D eigenvalue weighted by Crippen LogP contribution is -2.51. The van der Waals surface area contributed by atoms with Crippen LogP contribution in [-0.2, 0) is 20.7 Å². The molecule has 0 spiro atoms. The molecule has 1 aromatic rings. The molecular weight excluding hydrogens is 314 g/mol. The number of hydrogen-bond donors (Lipinski definition) is 1.